The van der Waals surface area contributed by atoms with Gasteiger partial charge in [-0.15, -0.1) is 11.3 Å². The second-order valence-electron chi connectivity index (χ2n) is 2.89. The van der Waals surface area contributed by atoms with Gasteiger partial charge >= 0.3 is 0 Å². The van der Waals surface area contributed by atoms with Crippen molar-refractivity contribution in [3.8, 4) is 0 Å². The monoisotopic (exact) mass is 201 g/mol. The number of aliphatic hydroxyl groups is 1. The Balaban J connectivity index is 2.39. The molecule has 0 amide bonds. The van der Waals surface area contributed by atoms with Crippen LogP contribution in [0.2, 0.25) is 0 Å². The first-order valence-corrected chi connectivity index (χ1v) is 5.29. The SMILES string of the molecule is CCCOCC(O)c1scnc1C. The normalized spacial score (nSPS) is 13.2. The number of thiazole rings is 1. The molecule has 1 unspecified atom stereocenters. The highest BCUT2D eigenvalue weighted by atomic mass is 32.1. The molecule has 0 aliphatic carbocycles. The van der Waals surface area contributed by atoms with Crippen molar-refractivity contribution in [1.82, 2.24) is 4.98 Å². The van der Waals surface area contributed by atoms with Crippen molar-refractivity contribution < 1.29 is 9.84 Å². The van der Waals surface area contributed by atoms with Crippen LogP contribution >= 0.6 is 11.3 Å². The molecule has 74 valence electrons. The summed E-state index contributed by atoms with van der Waals surface area (Å²) in [6, 6.07) is 0. The maximum Gasteiger partial charge on any atom is 0.113 e. The molecule has 3 nitrogen and oxygen atoms in total. The average Bonchev–Trinajstić information content (AvgIpc) is 2.52. The molecule has 0 spiro atoms. The van der Waals surface area contributed by atoms with E-state index < -0.39 is 6.10 Å². The first-order valence-electron chi connectivity index (χ1n) is 4.41. The van der Waals surface area contributed by atoms with Crippen LogP contribution in [0.15, 0.2) is 5.51 Å². The van der Waals surface area contributed by atoms with Gasteiger partial charge in [0.1, 0.15) is 6.10 Å². The zero-order valence-corrected chi connectivity index (χ0v) is 8.80. The van der Waals surface area contributed by atoms with Gasteiger partial charge in [0.15, 0.2) is 0 Å². The summed E-state index contributed by atoms with van der Waals surface area (Å²) < 4.78 is 5.25. The van der Waals surface area contributed by atoms with E-state index in [1.165, 1.54) is 11.3 Å². The van der Waals surface area contributed by atoms with E-state index in [2.05, 4.69) is 4.98 Å². The molecule has 4 heteroatoms. The van der Waals surface area contributed by atoms with Crippen LogP contribution in [-0.2, 0) is 4.74 Å². The lowest BCUT2D eigenvalue weighted by atomic mass is 10.3. The summed E-state index contributed by atoms with van der Waals surface area (Å²) in [7, 11) is 0. The molecule has 0 aromatic carbocycles. The minimum atomic E-state index is -0.515. The van der Waals surface area contributed by atoms with E-state index >= 15 is 0 Å². The van der Waals surface area contributed by atoms with Crippen LogP contribution in [0.1, 0.15) is 30.0 Å². The summed E-state index contributed by atoms with van der Waals surface area (Å²) in [6.45, 7) is 5.02. The van der Waals surface area contributed by atoms with Crippen LogP contribution < -0.4 is 0 Å². The number of ether oxygens (including phenoxy) is 1. The molecule has 13 heavy (non-hydrogen) atoms. The van der Waals surface area contributed by atoms with Crippen molar-refractivity contribution in [2.45, 2.75) is 26.4 Å². The maximum absolute atomic E-state index is 9.66. The quantitative estimate of drug-likeness (QED) is 0.740. The van der Waals surface area contributed by atoms with Crippen LogP contribution in [-0.4, -0.2) is 23.3 Å². The van der Waals surface area contributed by atoms with Gasteiger partial charge < -0.3 is 9.84 Å². The van der Waals surface area contributed by atoms with Gasteiger partial charge in [0.2, 0.25) is 0 Å². The van der Waals surface area contributed by atoms with Gasteiger partial charge in [0.05, 0.1) is 22.7 Å². The molecule has 0 bridgehead atoms. The number of aliphatic hydroxyl groups excluding tert-OH is 1. The maximum atomic E-state index is 9.66. The van der Waals surface area contributed by atoms with Crippen LogP contribution in [0.5, 0.6) is 0 Å². The Kier molecular flexibility index (Phi) is 4.35. The number of nitrogens with zero attached hydrogens (tertiary/aromatic N) is 1. The highest BCUT2D eigenvalue weighted by molar-refractivity contribution is 7.09. The first kappa shape index (κ1) is 10.6. The van der Waals surface area contributed by atoms with E-state index in [-0.39, 0.29) is 0 Å². The summed E-state index contributed by atoms with van der Waals surface area (Å²) >= 11 is 1.47. The Morgan fingerprint density at radius 2 is 2.46 bits per heavy atom. The molecule has 1 aromatic rings. The van der Waals surface area contributed by atoms with Crippen LogP contribution in [0.25, 0.3) is 0 Å². The van der Waals surface area contributed by atoms with Crippen LogP contribution in [0.4, 0.5) is 0 Å². The van der Waals surface area contributed by atoms with E-state index in [4.69, 9.17) is 4.74 Å². The van der Waals surface area contributed by atoms with E-state index in [9.17, 15) is 5.11 Å². The molecule has 0 saturated heterocycles. The third kappa shape index (κ3) is 3.06. The van der Waals surface area contributed by atoms with Crippen molar-refractivity contribution in [2.24, 2.45) is 0 Å². The van der Waals surface area contributed by atoms with Crippen LogP contribution in [0, 0.1) is 6.92 Å². The lowest BCUT2D eigenvalue weighted by molar-refractivity contribution is 0.0378. The zero-order valence-electron chi connectivity index (χ0n) is 7.99. The first-order chi connectivity index (χ1) is 6.25. The number of rotatable bonds is 5. The smallest absolute Gasteiger partial charge is 0.113 e. The molecule has 0 fully saturated rings. The Morgan fingerprint density at radius 3 is 3.00 bits per heavy atom. The van der Waals surface area contributed by atoms with Crippen molar-refractivity contribution in [2.75, 3.05) is 13.2 Å². The molecular formula is C9H15NO2S. The molecule has 0 aliphatic rings. The molecule has 1 N–H and O–H groups in total. The summed E-state index contributed by atoms with van der Waals surface area (Å²) in [5.41, 5.74) is 2.64. The van der Waals surface area contributed by atoms with Crippen molar-refractivity contribution >= 4 is 11.3 Å². The number of aryl methyl sites for hydroxylation is 1. The topological polar surface area (TPSA) is 42.4 Å². The van der Waals surface area contributed by atoms with Crippen molar-refractivity contribution in [3.63, 3.8) is 0 Å². The minimum absolute atomic E-state index is 0.372. The van der Waals surface area contributed by atoms with Crippen LogP contribution in [0.3, 0.4) is 0 Å². The van der Waals surface area contributed by atoms with E-state index in [1.54, 1.807) is 5.51 Å². The Morgan fingerprint density at radius 1 is 1.69 bits per heavy atom. The molecule has 1 atom stereocenters. The van der Waals surface area contributed by atoms with Gasteiger partial charge in [-0.3, -0.25) is 0 Å². The van der Waals surface area contributed by atoms with Crippen molar-refractivity contribution in [1.29, 1.82) is 0 Å². The molecule has 1 aromatic heterocycles. The largest absolute Gasteiger partial charge is 0.385 e. The predicted molar refractivity (Wildman–Crippen MR) is 52.9 cm³/mol. The fourth-order valence-corrected chi connectivity index (χ4v) is 1.82. The number of hydrogen-bond donors (Lipinski definition) is 1. The Labute approximate surface area is 82.4 Å². The average molecular weight is 201 g/mol. The Hall–Kier alpha value is -0.450. The fraction of sp³-hybridized carbons (Fsp3) is 0.667. The second-order valence-corrected chi connectivity index (χ2v) is 3.78. The fourth-order valence-electron chi connectivity index (χ4n) is 1.05. The van der Waals surface area contributed by atoms with E-state index in [1.807, 2.05) is 13.8 Å². The van der Waals surface area contributed by atoms with Gasteiger partial charge in [0.25, 0.3) is 0 Å². The van der Waals surface area contributed by atoms with Gasteiger partial charge in [-0.25, -0.2) is 4.98 Å². The Bertz CT molecular complexity index is 250. The third-order valence-electron chi connectivity index (χ3n) is 1.71. The predicted octanol–water partition coefficient (Wildman–Crippen LogP) is 1.91. The summed E-state index contributed by atoms with van der Waals surface area (Å²) in [6.07, 6.45) is 0.466. The zero-order chi connectivity index (χ0) is 9.68. The van der Waals surface area contributed by atoms with Crippen molar-refractivity contribution in [3.05, 3.63) is 16.1 Å². The summed E-state index contributed by atoms with van der Waals surface area (Å²) in [4.78, 5) is 4.98. The lowest BCUT2D eigenvalue weighted by Crippen LogP contribution is -2.07. The molecule has 0 aliphatic heterocycles. The number of hydrogen-bond acceptors (Lipinski definition) is 4. The second kappa shape index (κ2) is 5.32. The molecule has 0 saturated carbocycles. The standard InChI is InChI=1S/C9H15NO2S/c1-3-4-12-5-8(11)9-7(2)10-6-13-9/h6,8,11H,3-5H2,1-2H3. The van der Waals surface area contributed by atoms with Gasteiger partial charge in [-0.05, 0) is 13.3 Å². The highest BCUT2D eigenvalue weighted by Crippen LogP contribution is 2.21. The molecule has 0 radical (unpaired) electrons. The summed E-state index contributed by atoms with van der Waals surface area (Å²) in [5.74, 6) is 0. The highest BCUT2D eigenvalue weighted by Gasteiger charge is 2.12. The molecular weight excluding hydrogens is 186 g/mol. The lowest BCUT2D eigenvalue weighted by Gasteiger charge is -2.09. The van der Waals surface area contributed by atoms with Gasteiger partial charge in [-0.2, -0.15) is 0 Å². The third-order valence-corrected chi connectivity index (χ3v) is 2.74. The summed E-state index contributed by atoms with van der Waals surface area (Å²) in [5, 5.41) is 9.66. The molecule has 1 rings (SSSR count). The van der Waals surface area contributed by atoms with E-state index in [0.29, 0.717) is 13.2 Å². The van der Waals surface area contributed by atoms with Gasteiger partial charge in [0, 0.05) is 6.61 Å². The molecule has 1 heterocycles. The minimum Gasteiger partial charge on any atom is -0.385 e. The van der Waals surface area contributed by atoms with E-state index in [0.717, 1.165) is 17.0 Å². The van der Waals surface area contributed by atoms with Gasteiger partial charge in [-0.1, -0.05) is 6.92 Å². The number of aromatic nitrogens is 1.